The Morgan fingerprint density at radius 1 is 1.10 bits per heavy atom. The normalized spacial score (nSPS) is 22.8. The number of amides is 1. The van der Waals surface area contributed by atoms with E-state index in [2.05, 4.69) is 10.6 Å². The Morgan fingerprint density at radius 3 is 2.47 bits per heavy atom. The van der Waals surface area contributed by atoms with Crippen LogP contribution in [0.1, 0.15) is 31.2 Å². The van der Waals surface area contributed by atoms with Gasteiger partial charge in [-0.3, -0.25) is 4.79 Å². The molecule has 0 heterocycles. The Kier molecular flexibility index (Phi) is 6.02. The summed E-state index contributed by atoms with van der Waals surface area (Å²) < 4.78 is 26.5. The van der Waals surface area contributed by atoms with E-state index >= 15 is 0 Å². The first-order chi connectivity index (χ1) is 14.2. The summed E-state index contributed by atoms with van der Waals surface area (Å²) in [6, 6.07) is 9.64. The maximum atomic E-state index is 13.2. The van der Waals surface area contributed by atoms with Crippen LogP contribution in [0, 0.1) is 18.8 Å². The van der Waals surface area contributed by atoms with Crippen LogP contribution >= 0.6 is 23.2 Å². The van der Waals surface area contributed by atoms with Gasteiger partial charge >= 0.3 is 0 Å². The molecule has 1 amide bonds. The van der Waals surface area contributed by atoms with E-state index in [1.807, 2.05) is 6.92 Å². The van der Waals surface area contributed by atoms with Gasteiger partial charge in [-0.1, -0.05) is 47.3 Å². The largest absolute Gasteiger partial charge is 0.375 e. The van der Waals surface area contributed by atoms with Gasteiger partial charge in [0.25, 0.3) is 0 Å². The molecule has 160 valence electrons. The quantitative estimate of drug-likeness (QED) is 0.637. The van der Waals surface area contributed by atoms with Gasteiger partial charge in [-0.2, -0.15) is 0 Å². The molecule has 2 aliphatic rings. The fourth-order valence-electron chi connectivity index (χ4n) is 4.65. The molecule has 0 aliphatic heterocycles. The van der Waals surface area contributed by atoms with Crippen LogP contribution in [0.3, 0.4) is 0 Å². The first-order valence-electron chi connectivity index (χ1n) is 10.1. The van der Waals surface area contributed by atoms with Crippen molar-refractivity contribution in [3.8, 4) is 0 Å². The lowest BCUT2D eigenvalue weighted by Gasteiger charge is -2.23. The van der Waals surface area contributed by atoms with Crippen molar-refractivity contribution in [3.05, 3.63) is 52.0 Å². The van der Waals surface area contributed by atoms with Gasteiger partial charge in [0.1, 0.15) is 4.90 Å². The van der Waals surface area contributed by atoms with Crippen LogP contribution in [-0.2, 0) is 14.6 Å². The van der Waals surface area contributed by atoms with Gasteiger partial charge in [0.15, 0.2) is 0 Å². The fourth-order valence-corrected chi connectivity index (χ4v) is 6.92. The van der Waals surface area contributed by atoms with Crippen molar-refractivity contribution in [1.29, 1.82) is 0 Å². The Morgan fingerprint density at radius 2 is 1.83 bits per heavy atom. The third kappa shape index (κ3) is 4.32. The molecule has 2 aromatic carbocycles. The second kappa shape index (κ2) is 8.40. The van der Waals surface area contributed by atoms with Crippen molar-refractivity contribution in [2.45, 2.75) is 48.4 Å². The van der Waals surface area contributed by atoms with Crippen molar-refractivity contribution in [3.63, 3.8) is 0 Å². The molecular formula is C22H24Cl2N2O3S. The average molecular weight is 467 g/mol. The Labute approximate surface area is 187 Å². The molecule has 0 aromatic heterocycles. The fraction of sp³-hybridized carbons (Fsp3) is 0.409. The smallest absolute Gasteiger partial charge is 0.239 e. The number of hydrogen-bond acceptors (Lipinski definition) is 4. The lowest BCUT2D eigenvalue weighted by atomic mass is 9.95. The number of hydrogen-bond donors (Lipinski definition) is 2. The van der Waals surface area contributed by atoms with Crippen molar-refractivity contribution >= 4 is 44.6 Å². The zero-order valence-electron chi connectivity index (χ0n) is 16.6. The average Bonchev–Trinajstić information content (AvgIpc) is 3.29. The number of fused-ring (bicyclic) bond motifs is 2. The van der Waals surface area contributed by atoms with Gasteiger partial charge in [-0.15, -0.1) is 0 Å². The van der Waals surface area contributed by atoms with Crippen LogP contribution in [0.4, 0.5) is 5.69 Å². The SMILES string of the molecule is Cc1ccc(S(=O)(=O)c2c(Cl)cc(Cl)cc2NCC(=O)NC2CC3CCC2C3)cc1. The van der Waals surface area contributed by atoms with Crippen molar-refractivity contribution in [2.24, 2.45) is 11.8 Å². The Bertz CT molecular complexity index is 1070. The minimum absolute atomic E-state index is 0.0130. The van der Waals surface area contributed by atoms with E-state index in [-0.39, 0.29) is 39.0 Å². The maximum Gasteiger partial charge on any atom is 0.239 e. The van der Waals surface area contributed by atoms with Crippen molar-refractivity contribution < 1.29 is 13.2 Å². The van der Waals surface area contributed by atoms with Crippen LogP contribution in [0.2, 0.25) is 10.0 Å². The predicted octanol–water partition coefficient (Wildman–Crippen LogP) is 4.85. The zero-order valence-corrected chi connectivity index (χ0v) is 18.9. The van der Waals surface area contributed by atoms with E-state index in [1.165, 1.54) is 31.4 Å². The monoisotopic (exact) mass is 466 g/mol. The Hall–Kier alpha value is -1.76. The van der Waals surface area contributed by atoms with Crippen LogP contribution in [0.5, 0.6) is 0 Å². The minimum atomic E-state index is -3.90. The zero-order chi connectivity index (χ0) is 21.5. The van der Waals surface area contributed by atoms with Crippen LogP contribution in [-0.4, -0.2) is 26.9 Å². The molecule has 0 spiro atoms. The predicted molar refractivity (Wildman–Crippen MR) is 119 cm³/mol. The van der Waals surface area contributed by atoms with E-state index in [9.17, 15) is 13.2 Å². The second-order valence-corrected chi connectivity index (χ2v) is 11.0. The highest BCUT2D eigenvalue weighted by molar-refractivity contribution is 7.91. The van der Waals surface area contributed by atoms with E-state index in [4.69, 9.17) is 23.2 Å². The van der Waals surface area contributed by atoms with Gasteiger partial charge in [-0.05, 0) is 62.3 Å². The van der Waals surface area contributed by atoms with Crippen LogP contribution in [0.25, 0.3) is 0 Å². The molecular weight excluding hydrogens is 443 g/mol. The number of sulfone groups is 1. The number of carbonyl (C=O) groups excluding carboxylic acids is 1. The van der Waals surface area contributed by atoms with Crippen LogP contribution < -0.4 is 10.6 Å². The van der Waals surface area contributed by atoms with Gasteiger partial charge in [0.2, 0.25) is 15.7 Å². The lowest BCUT2D eigenvalue weighted by molar-refractivity contribution is -0.120. The molecule has 2 bridgehead atoms. The van der Waals surface area contributed by atoms with Gasteiger partial charge in [0, 0.05) is 11.1 Å². The number of carbonyl (C=O) groups is 1. The van der Waals surface area contributed by atoms with Gasteiger partial charge < -0.3 is 10.6 Å². The van der Waals surface area contributed by atoms with Crippen molar-refractivity contribution in [2.75, 3.05) is 11.9 Å². The summed E-state index contributed by atoms with van der Waals surface area (Å²) in [6.45, 7) is 1.83. The highest BCUT2D eigenvalue weighted by Crippen LogP contribution is 2.44. The number of aryl methyl sites for hydroxylation is 1. The highest BCUT2D eigenvalue weighted by Gasteiger charge is 2.40. The number of rotatable bonds is 6. The third-order valence-electron chi connectivity index (χ3n) is 6.13. The summed E-state index contributed by atoms with van der Waals surface area (Å²) in [7, 11) is -3.90. The molecule has 8 heteroatoms. The molecule has 4 rings (SSSR count). The summed E-state index contributed by atoms with van der Waals surface area (Å²) in [5, 5.41) is 6.33. The standard InChI is InChI=1S/C22H24Cl2N2O3S/c1-13-2-6-17(7-3-13)30(28,29)22-18(24)10-16(23)11-20(22)25-12-21(27)26-19-9-14-4-5-15(19)8-14/h2-3,6-7,10-11,14-15,19,25H,4-5,8-9,12H2,1H3,(H,26,27). The molecule has 3 unspecified atom stereocenters. The molecule has 2 saturated carbocycles. The molecule has 3 atom stereocenters. The van der Waals surface area contributed by atoms with Gasteiger partial charge in [0.05, 0.1) is 22.2 Å². The third-order valence-corrected chi connectivity index (χ3v) is 8.63. The van der Waals surface area contributed by atoms with Gasteiger partial charge in [-0.25, -0.2) is 8.42 Å². The molecule has 5 nitrogen and oxygen atoms in total. The molecule has 2 aromatic rings. The highest BCUT2D eigenvalue weighted by atomic mass is 35.5. The molecule has 2 fully saturated rings. The summed E-state index contributed by atoms with van der Waals surface area (Å²) in [5.41, 5.74) is 1.17. The lowest BCUT2D eigenvalue weighted by Crippen LogP contribution is -2.41. The number of anilines is 1. The molecule has 2 N–H and O–H groups in total. The summed E-state index contributed by atoms with van der Waals surface area (Å²) in [4.78, 5) is 12.6. The number of halogens is 2. The minimum Gasteiger partial charge on any atom is -0.375 e. The molecule has 0 saturated heterocycles. The molecule has 30 heavy (non-hydrogen) atoms. The number of nitrogens with one attached hydrogen (secondary N) is 2. The van der Waals surface area contributed by atoms with E-state index in [0.29, 0.717) is 10.9 Å². The van der Waals surface area contributed by atoms with E-state index in [0.717, 1.165) is 17.9 Å². The maximum absolute atomic E-state index is 13.2. The molecule has 0 radical (unpaired) electrons. The Balaban J connectivity index is 1.54. The second-order valence-electron chi connectivity index (χ2n) is 8.28. The van der Waals surface area contributed by atoms with E-state index in [1.54, 1.807) is 24.3 Å². The molecule has 2 aliphatic carbocycles. The first-order valence-corrected chi connectivity index (χ1v) is 12.3. The number of benzene rings is 2. The summed E-state index contributed by atoms with van der Waals surface area (Å²) >= 11 is 12.4. The topological polar surface area (TPSA) is 75.3 Å². The van der Waals surface area contributed by atoms with Crippen molar-refractivity contribution in [1.82, 2.24) is 5.32 Å². The van der Waals surface area contributed by atoms with Crippen LogP contribution in [0.15, 0.2) is 46.2 Å². The van der Waals surface area contributed by atoms with E-state index < -0.39 is 9.84 Å². The summed E-state index contributed by atoms with van der Waals surface area (Å²) in [6.07, 6.45) is 4.66. The first kappa shape index (κ1) is 21.5. The summed E-state index contributed by atoms with van der Waals surface area (Å²) in [5.74, 6) is 1.13.